The molecule has 1 aliphatic carbocycles. The average Bonchev–Trinajstić information content (AvgIpc) is 2.85. The minimum absolute atomic E-state index is 0.0242. The second kappa shape index (κ2) is 3.39. The fourth-order valence-corrected chi connectivity index (χ4v) is 1.87. The highest BCUT2D eigenvalue weighted by molar-refractivity contribution is 5.32. The van der Waals surface area contributed by atoms with Crippen LogP contribution in [0, 0.1) is 5.92 Å². The van der Waals surface area contributed by atoms with Crippen LogP contribution in [0.1, 0.15) is 37.8 Å². The molecule has 0 atom stereocenters. The van der Waals surface area contributed by atoms with Crippen LogP contribution in [0.2, 0.25) is 0 Å². The molecule has 0 aliphatic heterocycles. The van der Waals surface area contributed by atoms with E-state index in [1.807, 2.05) is 0 Å². The van der Waals surface area contributed by atoms with Crippen molar-refractivity contribution in [2.75, 3.05) is 0 Å². The molecule has 0 radical (unpaired) electrons. The second-order valence-electron chi connectivity index (χ2n) is 4.95. The van der Waals surface area contributed by atoms with E-state index in [1.54, 1.807) is 0 Å². The van der Waals surface area contributed by atoms with Crippen LogP contribution in [0.25, 0.3) is 0 Å². The van der Waals surface area contributed by atoms with E-state index in [-0.39, 0.29) is 5.54 Å². The highest BCUT2D eigenvalue weighted by atomic mass is 14.8. The summed E-state index contributed by atoms with van der Waals surface area (Å²) in [5.74, 6) is 0.730. The quantitative estimate of drug-likeness (QED) is 0.777. The van der Waals surface area contributed by atoms with Gasteiger partial charge in [-0.15, -0.1) is 0 Å². The molecule has 2 rings (SSSR count). The van der Waals surface area contributed by atoms with Crippen molar-refractivity contribution in [3.8, 4) is 0 Å². The first kappa shape index (κ1) is 9.72. The van der Waals surface area contributed by atoms with E-state index in [0.29, 0.717) is 0 Å². The van der Waals surface area contributed by atoms with E-state index in [9.17, 15) is 0 Å². The second-order valence-corrected chi connectivity index (χ2v) is 4.95. The van der Waals surface area contributed by atoms with Gasteiger partial charge >= 0.3 is 0 Å². The molecule has 0 heterocycles. The van der Waals surface area contributed by atoms with Crippen molar-refractivity contribution in [1.29, 1.82) is 0 Å². The Hall–Kier alpha value is -0.820. The van der Waals surface area contributed by atoms with E-state index in [2.05, 4.69) is 38.1 Å². The number of nitrogens with two attached hydrogens (primary N) is 1. The molecule has 0 bridgehead atoms. The minimum Gasteiger partial charge on any atom is -0.321 e. The molecule has 1 nitrogen and oxygen atoms in total. The summed E-state index contributed by atoms with van der Waals surface area (Å²) in [5.41, 5.74) is 8.88. The van der Waals surface area contributed by atoms with Crippen LogP contribution in [0.5, 0.6) is 0 Å². The summed E-state index contributed by atoms with van der Waals surface area (Å²) < 4.78 is 0. The SMILES string of the molecule is CC(C)Cc1ccc(C2(N)CC2)cc1. The van der Waals surface area contributed by atoms with Crippen molar-refractivity contribution in [2.45, 2.75) is 38.6 Å². The molecule has 1 saturated carbocycles. The molecule has 1 aliphatic rings. The molecule has 1 aromatic rings. The van der Waals surface area contributed by atoms with Crippen molar-refractivity contribution in [1.82, 2.24) is 0 Å². The fraction of sp³-hybridized carbons (Fsp3) is 0.538. The predicted molar refractivity (Wildman–Crippen MR) is 60.1 cm³/mol. The number of benzene rings is 1. The van der Waals surface area contributed by atoms with E-state index in [4.69, 9.17) is 5.73 Å². The maximum absolute atomic E-state index is 6.12. The lowest BCUT2D eigenvalue weighted by molar-refractivity contribution is 0.646. The fourth-order valence-electron chi connectivity index (χ4n) is 1.87. The Labute approximate surface area is 86.3 Å². The van der Waals surface area contributed by atoms with Crippen LogP contribution in [-0.4, -0.2) is 0 Å². The third-order valence-corrected chi connectivity index (χ3v) is 2.96. The van der Waals surface area contributed by atoms with Gasteiger partial charge in [0.2, 0.25) is 0 Å². The Bertz CT molecular complexity index is 307. The first-order valence-corrected chi connectivity index (χ1v) is 5.48. The van der Waals surface area contributed by atoms with Crippen LogP contribution in [0.4, 0.5) is 0 Å². The molecule has 0 amide bonds. The molecule has 2 N–H and O–H groups in total. The van der Waals surface area contributed by atoms with Crippen LogP contribution in [0.15, 0.2) is 24.3 Å². The molecule has 1 heteroatoms. The molecule has 1 aromatic carbocycles. The molecular weight excluding hydrogens is 170 g/mol. The Morgan fingerprint density at radius 1 is 1.21 bits per heavy atom. The lowest BCUT2D eigenvalue weighted by Gasteiger charge is -2.10. The van der Waals surface area contributed by atoms with E-state index < -0.39 is 0 Å². The third-order valence-electron chi connectivity index (χ3n) is 2.96. The van der Waals surface area contributed by atoms with Gasteiger partial charge < -0.3 is 5.73 Å². The number of hydrogen-bond acceptors (Lipinski definition) is 1. The van der Waals surface area contributed by atoms with Crippen LogP contribution in [-0.2, 0) is 12.0 Å². The topological polar surface area (TPSA) is 26.0 Å². The Morgan fingerprint density at radius 3 is 2.21 bits per heavy atom. The Morgan fingerprint density at radius 2 is 1.79 bits per heavy atom. The summed E-state index contributed by atoms with van der Waals surface area (Å²) >= 11 is 0. The van der Waals surface area contributed by atoms with Gasteiger partial charge in [0, 0.05) is 5.54 Å². The van der Waals surface area contributed by atoms with Crippen molar-refractivity contribution < 1.29 is 0 Å². The van der Waals surface area contributed by atoms with Gasteiger partial charge in [-0.1, -0.05) is 38.1 Å². The molecule has 0 saturated heterocycles. The number of rotatable bonds is 3. The van der Waals surface area contributed by atoms with Crippen molar-refractivity contribution in [3.63, 3.8) is 0 Å². The van der Waals surface area contributed by atoms with Gasteiger partial charge in [0.1, 0.15) is 0 Å². The summed E-state index contributed by atoms with van der Waals surface area (Å²) in [6.45, 7) is 4.50. The van der Waals surface area contributed by atoms with Crippen molar-refractivity contribution in [2.24, 2.45) is 11.7 Å². The van der Waals surface area contributed by atoms with Gasteiger partial charge in [0.05, 0.1) is 0 Å². The molecular formula is C13H19N. The summed E-state index contributed by atoms with van der Waals surface area (Å²) in [5, 5.41) is 0. The lowest BCUT2D eigenvalue weighted by Crippen LogP contribution is -2.18. The van der Waals surface area contributed by atoms with Gasteiger partial charge in [0.25, 0.3) is 0 Å². The van der Waals surface area contributed by atoms with Gasteiger partial charge in [-0.3, -0.25) is 0 Å². The van der Waals surface area contributed by atoms with E-state index in [1.165, 1.54) is 11.1 Å². The zero-order valence-corrected chi connectivity index (χ0v) is 9.09. The smallest absolute Gasteiger partial charge is 0.0411 e. The molecule has 76 valence electrons. The zero-order valence-electron chi connectivity index (χ0n) is 9.09. The highest BCUT2D eigenvalue weighted by Crippen LogP contribution is 2.42. The normalized spacial score (nSPS) is 18.6. The summed E-state index contributed by atoms with van der Waals surface area (Å²) in [4.78, 5) is 0. The average molecular weight is 189 g/mol. The predicted octanol–water partition coefficient (Wildman–Crippen LogP) is 2.83. The van der Waals surface area contributed by atoms with Crippen molar-refractivity contribution in [3.05, 3.63) is 35.4 Å². The van der Waals surface area contributed by atoms with Gasteiger partial charge in [-0.2, -0.15) is 0 Å². The monoisotopic (exact) mass is 189 g/mol. The van der Waals surface area contributed by atoms with E-state index >= 15 is 0 Å². The maximum atomic E-state index is 6.12. The molecule has 1 fully saturated rings. The summed E-state index contributed by atoms with van der Waals surface area (Å²) in [6, 6.07) is 8.85. The van der Waals surface area contributed by atoms with Crippen LogP contribution < -0.4 is 5.73 Å². The third kappa shape index (κ3) is 1.98. The van der Waals surface area contributed by atoms with Crippen LogP contribution in [0.3, 0.4) is 0 Å². The molecule has 0 unspecified atom stereocenters. The van der Waals surface area contributed by atoms with Gasteiger partial charge in [-0.05, 0) is 36.3 Å². The first-order valence-electron chi connectivity index (χ1n) is 5.48. The molecule has 14 heavy (non-hydrogen) atoms. The number of hydrogen-bond donors (Lipinski definition) is 1. The summed E-state index contributed by atoms with van der Waals surface area (Å²) in [6.07, 6.45) is 3.46. The molecule has 0 aromatic heterocycles. The lowest BCUT2D eigenvalue weighted by atomic mass is 9.99. The standard InChI is InChI=1S/C13H19N/c1-10(2)9-11-3-5-12(6-4-11)13(14)7-8-13/h3-6,10H,7-9,14H2,1-2H3. The van der Waals surface area contributed by atoms with Gasteiger partial charge in [-0.25, -0.2) is 0 Å². The Kier molecular flexibility index (Phi) is 2.36. The minimum atomic E-state index is 0.0242. The Balaban J connectivity index is 2.10. The van der Waals surface area contributed by atoms with Crippen molar-refractivity contribution >= 4 is 0 Å². The first-order chi connectivity index (χ1) is 6.60. The largest absolute Gasteiger partial charge is 0.321 e. The molecule has 0 spiro atoms. The van der Waals surface area contributed by atoms with Crippen LogP contribution >= 0.6 is 0 Å². The zero-order chi connectivity index (χ0) is 10.2. The van der Waals surface area contributed by atoms with Gasteiger partial charge in [0.15, 0.2) is 0 Å². The summed E-state index contributed by atoms with van der Waals surface area (Å²) in [7, 11) is 0. The maximum Gasteiger partial charge on any atom is 0.0411 e. The highest BCUT2D eigenvalue weighted by Gasteiger charge is 2.39. The van der Waals surface area contributed by atoms with E-state index in [0.717, 1.165) is 25.2 Å².